The first kappa shape index (κ1) is 12.2. The van der Waals surface area contributed by atoms with Crippen molar-refractivity contribution in [2.75, 3.05) is 0 Å². The van der Waals surface area contributed by atoms with Gasteiger partial charge in [-0.1, -0.05) is 12.2 Å². The van der Waals surface area contributed by atoms with Crippen LogP contribution in [0.3, 0.4) is 0 Å². The van der Waals surface area contributed by atoms with Crippen LogP contribution in [0.15, 0.2) is 35.2 Å². The molecule has 90 valence electrons. The maximum absolute atomic E-state index is 13.2. The van der Waals surface area contributed by atoms with Gasteiger partial charge in [0.2, 0.25) is 0 Å². The first-order chi connectivity index (χ1) is 8.16. The third-order valence-corrected chi connectivity index (χ3v) is 3.89. The third kappa shape index (κ3) is 3.09. The van der Waals surface area contributed by atoms with Gasteiger partial charge >= 0.3 is 5.97 Å². The van der Waals surface area contributed by atoms with E-state index in [1.165, 1.54) is 12.1 Å². The monoisotopic (exact) mass is 252 g/mol. The zero-order chi connectivity index (χ0) is 12.3. The van der Waals surface area contributed by atoms with Crippen molar-refractivity contribution in [3.63, 3.8) is 0 Å². The van der Waals surface area contributed by atoms with Crippen LogP contribution in [-0.4, -0.2) is 16.3 Å². The molecule has 4 heteroatoms. The van der Waals surface area contributed by atoms with Crippen LogP contribution >= 0.6 is 11.8 Å². The lowest BCUT2D eigenvalue weighted by molar-refractivity contribution is 0.0691. The number of aromatic carboxylic acids is 1. The number of benzene rings is 1. The number of carboxylic acid groups (broad SMARTS) is 1. The number of halogens is 1. The lowest BCUT2D eigenvalue weighted by atomic mass is 10.1. The Bertz CT molecular complexity index is 457. The van der Waals surface area contributed by atoms with E-state index in [9.17, 15) is 9.18 Å². The average molecular weight is 252 g/mol. The van der Waals surface area contributed by atoms with Gasteiger partial charge in [0.05, 0.1) is 5.56 Å². The van der Waals surface area contributed by atoms with Gasteiger partial charge in [0.1, 0.15) is 5.82 Å². The van der Waals surface area contributed by atoms with Crippen LogP contribution in [-0.2, 0) is 0 Å². The molecule has 1 N–H and O–H groups in total. The van der Waals surface area contributed by atoms with E-state index in [1.54, 1.807) is 17.8 Å². The van der Waals surface area contributed by atoms with Crippen LogP contribution in [0.25, 0.3) is 0 Å². The number of allylic oxidation sites excluding steroid dienone is 1. The van der Waals surface area contributed by atoms with Crippen molar-refractivity contribution in [3.05, 3.63) is 41.7 Å². The molecule has 0 saturated heterocycles. The number of hydrogen-bond acceptors (Lipinski definition) is 2. The molecule has 1 aliphatic rings. The van der Waals surface area contributed by atoms with Crippen molar-refractivity contribution in [3.8, 4) is 0 Å². The lowest BCUT2D eigenvalue weighted by Crippen LogP contribution is -2.04. The van der Waals surface area contributed by atoms with E-state index >= 15 is 0 Å². The number of carbonyl (C=O) groups is 1. The van der Waals surface area contributed by atoms with Gasteiger partial charge in [-0.15, -0.1) is 11.8 Å². The minimum absolute atomic E-state index is 0.255. The van der Waals surface area contributed by atoms with E-state index in [0.717, 1.165) is 24.2 Å². The van der Waals surface area contributed by atoms with Crippen molar-refractivity contribution in [2.45, 2.75) is 29.4 Å². The Morgan fingerprint density at radius 1 is 1.47 bits per heavy atom. The summed E-state index contributed by atoms with van der Waals surface area (Å²) in [5.41, 5.74) is -0.255. The average Bonchev–Trinajstić information content (AvgIpc) is 2.32. The summed E-state index contributed by atoms with van der Waals surface area (Å²) in [5, 5.41) is 9.20. The molecule has 17 heavy (non-hydrogen) atoms. The summed E-state index contributed by atoms with van der Waals surface area (Å²) in [5.74, 6) is -1.90. The number of hydrogen-bond donors (Lipinski definition) is 1. The second-order valence-electron chi connectivity index (χ2n) is 3.96. The highest BCUT2D eigenvalue weighted by molar-refractivity contribution is 8.00. The van der Waals surface area contributed by atoms with Gasteiger partial charge in [0.15, 0.2) is 0 Å². The molecular weight excluding hydrogens is 239 g/mol. The highest BCUT2D eigenvalue weighted by Gasteiger charge is 2.14. The first-order valence-corrected chi connectivity index (χ1v) is 6.41. The van der Waals surface area contributed by atoms with Gasteiger partial charge in [0.25, 0.3) is 0 Å². The second-order valence-corrected chi connectivity index (χ2v) is 5.27. The molecule has 0 saturated carbocycles. The van der Waals surface area contributed by atoms with Gasteiger partial charge in [0, 0.05) is 10.1 Å². The standard InChI is InChI=1S/C13H13FO2S/c14-12-7-6-10(8-11(12)13(15)16)17-9-4-2-1-3-5-9/h2,4,6-9H,1,3,5H2,(H,15,16). The zero-order valence-corrected chi connectivity index (χ0v) is 10.0. The van der Waals surface area contributed by atoms with Crippen LogP contribution in [0.2, 0.25) is 0 Å². The fourth-order valence-electron chi connectivity index (χ4n) is 1.80. The number of thioether (sulfide) groups is 1. The molecule has 0 fully saturated rings. The third-order valence-electron chi connectivity index (χ3n) is 2.67. The summed E-state index contributed by atoms with van der Waals surface area (Å²) in [4.78, 5) is 11.6. The summed E-state index contributed by atoms with van der Waals surface area (Å²) in [6.45, 7) is 0. The van der Waals surface area contributed by atoms with E-state index < -0.39 is 11.8 Å². The predicted molar refractivity (Wildman–Crippen MR) is 66.0 cm³/mol. The fourth-order valence-corrected chi connectivity index (χ4v) is 2.95. The molecule has 2 nitrogen and oxygen atoms in total. The lowest BCUT2D eigenvalue weighted by Gasteiger charge is -2.15. The Labute approximate surface area is 104 Å². The fraction of sp³-hybridized carbons (Fsp3) is 0.308. The maximum Gasteiger partial charge on any atom is 0.338 e. The quantitative estimate of drug-likeness (QED) is 0.833. The minimum atomic E-state index is -1.22. The summed E-state index contributed by atoms with van der Waals surface area (Å²) < 4.78 is 13.2. The minimum Gasteiger partial charge on any atom is -0.478 e. The molecule has 0 heterocycles. The maximum atomic E-state index is 13.2. The van der Waals surface area contributed by atoms with Crippen LogP contribution in [0, 0.1) is 5.82 Å². The Kier molecular flexibility index (Phi) is 3.84. The molecule has 0 bridgehead atoms. The smallest absolute Gasteiger partial charge is 0.338 e. The second kappa shape index (κ2) is 5.36. The molecular formula is C13H13FO2S. The van der Waals surface area contributed by atoms with Crippen LogP contribution in [0.1, 0.15) is 29.6 Å². The highest BCUT2D eigenvalue weighted by atomic mass is 32.2. The summed E-state index contributed by atoms with van der Waals surface area (Å²) >= 11 is 1.59. The molecule has 1 aliphatic carbocycles. The predicted octanol–water partition coefficient (Wildman–Crippen LogP) is 3.72. The molecule has 2 rings (SSSR count). The van der Waals surface area contributed by atoms with E-state index in [4.69, 9.17) is 5.11 Å². The molecule has 1 unspecified atom stereocenters. The topological polar surface area (TPSA) is 37.3 Å². The van der Waals surface area contributed by atoms with Crippen LogP contribution in [0.5, 0.6) is 0 Å². The van der Waals surface area contributed by atoms with Gasteiger partial charge < -0.3 is 5.11 Å². The summed E-state index contributed by atoms with van der Waals surface area (Å²) in [7, 11) is 0. The van der Waals surface area contributed by atoms with Crippen molar-refractivity contribution < 1.29 is 14.3 Å². The summed E-state index contributed by atoms with van der Waals surface area (Å²) in [6.07, 6.45) is 7.63. The molecule has 0 aliphatic heterocycles. The SMILES string of the molecule is O=C(O)c1cc(SC2C=CCCC2)ccc1F. The van der Waals surface area contributed by atoms with Gasteiger partial charge in [-0.25, -0.2) is 9.18 Å². The molecule has 1 atom stereocenters. The normalized spacial score (nSPS) is 19.2. The van der Waals surface area contributed by atoms with E-state index in [2.05, 4.69) is 12.2 Å². The van der Waals surface area contributed by atoms with Crippen LogP contribution < -0.4 is 0 Å². The van der Waals surface area contributed by atoms with Crippen LogP contribution in [0.4, 0.5) is 4.39 Å². The zero-order valence-electron chi connectivity index (χ0n) is 9.23. The molecule has 0 aromatic heterocycles. The largest absolute Gasteiger partial charge is 0.478 e. The molecule has 0 spiro atoms. The van der Waals surface area contributed by atoms with Crippen molar-refractivity contribution in [2.24, 2.45) is 0 Å². The highest BCUT2D eigenvalue weighted by Crippen LogP contribution is 2.31. The summed E-state index contributed by atoms with van der Waals surface area (Å²) in [6, 6.07) is 4.26. The molecule has 0 amide bonds. The van der Waals surface area contributed by atoms with Crippen molar-refractivity contribution in [1.82, 2.24) is 0 Å². The van der Waals surface area contributed by atoms with Gasteiger partial charge in [-0.3, -0.25) is 0 Å². The van der Waals surface area contributed by atoms with E-state index in [1.807, 2.05) is 0 Å². The Morgan fingerprint density at radius 3 is 2.94 bits per heavy atom. The van der Waals surface area contributed by atoms with E-state index in [-0.39, 0.29) is 5.56 Å². The molecule has 0 radical (unpaired) electrons. The number of rotatable bonds is 3. The first-order valence-electron chi connectivity index (χ1n) is 5.53. The Balaban J connectivity index is 2.16. The molecule has 1 aromatic carbocycles. The van der Waals surface area contributed by atoms with Crippen molar-refractivity contribution >= 4 is 17.7 Å². The van der Waals surface area contributed by atoms with Crippen molar-refractivity contribution in [1.29, 1.82) is 0 Å². The van der Waals surface area contributed by atoms with E-state index in [0.29, 0.717) is 5.25 Å². The number of carboxylic acids is 1. The molecule has 1 aromatic rings. The Hall–Kier alpha value is -1.29. The van der Waals surface area contributed by atoms with Gasteiger partial charge in [-0.05, 0) is 37.5 Å². The Morgan fingerprint density at radius 2 is 2.29 bits per heavy atom. The van der Waals surface area contributed by atoms with Gasteiger partial charge in [-0.2, -0.15) is 0 Å².